The minimum absolute atomic E-state index is 0.0528. The molecule has 0 saturated carbocycles. The number of phenolic OH excluding ortho intramolecular Hbond substituents is 1. The first-order chi connectivity index (χ1) is 15.6. The van der Waals surface area contributed by atoms with Gasteiger partial charge in [0, 0.05) is 6.54 Å². The van der Waals surface area contributed by atoms with Crippen LogP contribution in [0.5, 0.6) is 11.5 Å². The van der Waals surface area contributed by atoms with Gasteiger partial charge in [-0.15, -0.1) is 0 Å². The zero-order valence-electron chi connectivity index (χ0n) is 17.6. The van der Waals surface area contributed by atoms with Crippen LogP contribution in [0.25, 0.3) is 0 Å². The molecule has 0 unspecified atom stereocenters. The van der Waals surface area contributed by atoms with Crippen LogP contribution in [-0.2, 0) is 11.2 Å². The fourth-order valence-electron chi connectivity index (χ4n) is 3.23. The van der Waals surface area contributed by atoms with Crippen molar-refractivity contribution in [3.8, 4) is 11.5 Å². The van der Waals surface area contributed by atoms with E-state index in [1.165, 1.54) is 6.07 Å². The van der Waals surface area contributed by atoms with Gasteiger partial charge in [0.25, 0.3) is 0 Å². The van der Waals surface area contributed by atoms with Gasteiger partial charge in [0.1, 0.15) is 24.2 Å². The Hall–Kier alpha value is -3.39. The van der Waals surface area contributed by atoms with Gasteiger partial charge < -0.3 is 30.7 Å². The van der Waals surface area contributed by atoms with Gasteiger partial charge in [0.2, 0.25) is 6.41 Å². The Morgan fingerprint density at radius 1 is 0.906 bits per heavy atom. The third-order valence-corrected chi connectivity index (χ3v) is 5.06. The molecule has 32 heavy (non-hydrogen) atoms. The number of aliphatic hydroxyl groups is 2. The predicted molar refractivity (Wildman–Crippen MR) is 123 cm³/mol. The maximum absolute atomic E-state index is 10.6. The molecule has 0 aromatic heterocycles. The molecule has 1 amide bonds. The molecular weight excluding hydrogens is 408 g/mol. The van der Waals surface area contributed by atoms with Gasteiger partial charge in [0.05, 0.1) is 11.8 Å². The molecule has 5 N–H and O–H groups in total. The van der Waals surface area contributed by atoms with E-state index in [1.807, 2.05) is 54.6 Å². The molecule has 0 fully saturated rings. The summed E-state index contributed by atoms with van der Waals surface area (Å²) in [5.74, 6) is 0.641. The summed E-state index contributed by atoms with van der Waals surface area (Å²) < 4.78 is 5.68. The average molecular weight is 437 g/mol. The Morgan fingerprint density at radius 3 is 2.38 bits per heavy atom. The summed E-state index contributed by atoms with van der Waals surface area (Å²) >= 11 is 0. The van der Waals surface area contributed by atoms with Crippen molar-refractivity contribution in [3.63, 3.8) is 0 Å². The molecule has 0 aliphatic rings. The maximum atomic E-state index is 10.6. The van der Waals surface area contributed by atoms with Crippen LogP contribution >= 0.6 is 0 Å². The molecule has 0 aliphatic carbocycles. The van der Waals surface area contributed by atoms with Gasteiger partial charge in [0.15, 0.2) is 0 Å². The minimum atomic E-state index is -0.769. The SMILES string of the molecule is O=CNc1cc([C@@H](O)CNCCc2ccc(OC[C@H](O)c3ccccc3)cc2)ccc1O. The van der Waals surface area contributed by atoms with Crippen molar-refractivity contribution in [1.82, 2.24) is 5.32 Å². The molecule has 0 spiro atoms. The van der Waals surface area contributed by atoms with Crippen molar-refractivity contribution in [1.29, 1.82) is 0 Å². The zero-order valence-corrected chi connectivity index (χ0v) is 17.6. The number of hydrogen-bond acceptors (Lipinski definition) is 6. The van der Waals surface area contributed by atoms with E-state index in [-0.39, 0.29) is 18.0 Å². The Bertz CT molecular complexity index is 979. The van der Waals surface area contributed by atoms with Gasteiger partial charge in [-0.3, -0.25) is 4.79 Å². The number of carbonyl (C=O) groups excluding carboxylic acids is 1. The monoisotopic (exact) mass is 436 g/mol. The number of phenols is 1. The summed E-state index contributed by atoms with van der Waals surface area (Å²) in [4.78, 5) is 10.6. The van der Waals surface area contributed by atoms with Crippen LogP contribution in [0.1, 0.15) is 28.9 Å². The highest BCUT2D eigenvalue weighted by Gasteiger charge is 2.11. The molecule has 0 heterocycles. The lowest BCUT2D eigenvalue weighted by Gasteiger charge is -2.14. The average Bonchev–Trinajstić information content (AvgIpc) is 2.83. The first-order valence-corrected chi connectivity index (χ1v) is 10.4. The number of nitrogens with one attached hydrogen (secondary N) is 2. The van der Waals surface area contributed by atoms with Gasteiger partial charge in [-0.2, -0.15) is 0 Å². The van der Waals surface area contributed by atoms with Crippen LogP contribution < -0.4 is 15.4 Å². The highest BCUT2D eigenvalue weighted by atomic mass is 16.5. The van der Waals surface area contributed by atoms with Crippen molar-refractivity contribution in [3.05, 3.63) is 89.5 Å². The Labute approximate surface area is 187 Å². The number of rotatable bonds is 12. The quantitative estimate of drug-likeness (QED) is 0.170. The molecular formula is C25H28N2O5. The van der Waals surface area contributed by atoms with Crippen molar-refractivity contribution in [2.24, 2.45) is 0 Å². The van der Waals surface area contributed by atoms with E-state index in [1.54, 1.807) is 12.1 Å². The molecule has 3 aromatic rings. The summed E-state index contributed by atoms with van der Waals surface area (Å²) in [6, 6.07) is 21.7. The number of hydrogen-bond donors (Lipinski definition) is 5. The van der Waals surface area contributed by atoms with Crippen molar-refractivity contribution in [2.75, 3.05) is 25.0 Å². The maximum Gasteiger partial charge on any atom is 0.211 e. The third kappa shape index (κ3) is 6.81. The summed E-state index contributed by atoms with van der Waals surface area (Å²) in [6.45, 7) is 1.19. The molecule has 2 atom stereocenters. The van der Waals surface area contributed by atoms with Gasteiger partial charge in [-0.25, -0.2) is 0 Å². The van der Waals surface area contributed by atoms with Crippen LogP contribution in [0.2, 0.25) is 0 Å². The number of amides is 1. The van der Waals surface area contributed by atoms with Crippen LogP contribution in [0, 0.1) is 0 Å². The number of ether oxygens (including phenoxy) is 1. The summed E-state index contributed by atoms with van der Waals surface area (Å²) in [5, 5.41) is 35.8. The molecule has 0 bridgehead atoms. The standard InChI is InChI=1S/C25H28N2O5/c28-17-27-22-14-20(8-11-23(22)29)24(30)15-26-13-12-18-6-9-21(10-7-18)32-16-25(31)19-4-2-1-3-5-19/h1-11,14,17,24-26,29-31H,12-13,15-16H2,(H,27,28)/t24-,25-/m0/s1. The van der Waals surface area contributed by atoms with Crippen molar-refractivity contribution >= 4 is 12.1 Å². The Kier molecular flexibility index (Phi) is 8.62. The topological polar surface area (TPSA) is 111 Å². The molecule has 3 rings (SSSR count). The molecule has 168 valence electrons. The van der Waals surface area contributed by atoms with E-state index >= 15 is 0 Å². The first kappa shape index (κ1) is 23.3. The second-order valence-corrected chi connectivity index (χ2v) is 7.39. The lowest BCUT2D eigenvalue weighted by Crippen LogP contribution is -2.23. The number of aromatic hydroxyl groups is 1. The Balaban J connectivity index is 1.40. The third-order valence-electron chi connectivity index (χ3n) is 5.06. The van der Waals surface area contributed by atoms with Crippen LogP contribution in [0.3, 0.4) is 0 Å². The van der Waals surface area contributed by atoms with Crippen LogP contribution in [-0.4, -0.2) is 41.4 Å². The highest BCUT2D eigenvalue weighted by molar-refractivity contribution is 5.75. The predicted octanol–water partition coefficient (Wildman–Crippen LogP) is 2.94. The molecule has 0 aliphatic heterocycles. The molecule has 7 heteroatoms. The summed E-state index contributed by atoms with van der Waals surface area (Å²) in [6.07, 6.45) is -0.196. The number of anilines is 1. The van der Waals surface area contributed by atoms with Crippen molar-refractivity contribution in [2.45, 2.75) is 18.6 Å². The lowest BCUT2D eigenvalue weighted by molar-refractivity contribution is -0.105. The van der Waals surface area contributed by atoms with E-state index in [4.69, 9.17) is 4.74 Å². The number of benzene rings is 3. The molecule has 7 nitrogen and oxygen atoms in total. The van der Waals surface area contributed by atoms with Gasteiger partial charge in [-0.1, -0.05) is 48.5 Å². The first-order valence-electron chi connectivity index (χ1n) is 10.4. The van der Waals surface area contributed by atoms with E-state index < -0.39 is 12.2 Å². The fraction of sp³-hybridized carbons (Fsp3) is 0.240. The van der Waals surface area contributed by atoms with E-state index in [2.05, 4.69) is 10.6 Å². The highest BCUT2D eigenvalue weighted by Crippen LogP contribution is 2.26. The fourth-order valence-corrected chi connectivity index (χ4v) is 3.23. The van der Waals surface area contributed by atoms with Crippen LogP contribution in [0.4, 0.5) is 5.69 Å². The molecule has 0 saturated heterocycles. The largest absolute Gasteiger partial charge is 0.506 e. The van der Waals surface area contributed by atoms with Gasteiger partial charge >= 0.3 is 0 Å². The number of aliphatic hydroxyl groups excluding tert-OH is 2. The van der Waals surface area contributed by atoms with Gasteiger partial charge in [-0.05, 0) is 53.9 Å². The van der Waals surface area contributed by atoms with Crippen molar-refractivity contribution < 1.29 is 24.9 Å². The van der Waals surface area contributed by atoms with E-state index in [0.29, 0.717) is 30.8 Å². The summed E-state index contributed by atoms with van der Waals surface area (Å²) in [5.41, 5.74) is 2.79. The smallest absolute Gasteiger partial charge is 0.211 e. The van der Waals surface area contributed by atoms with E-state index in [0.717, 1.165) is 17.5 Å². The number of carbonyl (C=O) groups is 1. The van der Waals surface area contributed by atoms with Crippen LogP contribution in [0.15, 0.2) is 72.8 Å². The zero-order chi connectivity index (χ0) is 22.8. The molecule has 3 aromatic carbocycles. The Morgan fingerprint density at radius 2 is 1.66 bits per heavy atom. The lowest BCUT2D eigenvalue weighted by atomic mass is 10.1. The van der Waals surface area contributed by atoms with E-state index in [9.17, 15) is 20.1 Å². The minimum Gasteiger partial charge on any atom is -0.506 e. The molecule has 0 radical (unpaired) electrons. The summed E-state index contributed by atoms with van der Waals surface area (Å²) in [7, 11) is 0. The second-order valence-electron chi connectivity index (χ2n) is 7.39. The normalized spacial score (nSPS) is 12.7. The second kappa shape index (κ2) is 11.9.